The molecular formula is C15H17BrClNO3. The number of hydrogen-bond donors (Lipinski definition) is 1. The summed E-state index contributed by atoms with van der Waals surface area (Å²) < 4.78 is 0.894. The van der Waals surface area contributed by atoms with Crippen LogP contribution in [0.3, 0.4) is 0 Å². The van der Waals surface area contributed by atoms with E-state index in [1.165, 1.54) is 0 Å². The third-order valence-electron chi connectivity index (χ3n) is 3.93. The molecule has 114 valence electrons. The molecule has 0 radical (unpaired) electrons. The summed E-state index contributed by atoms with van der Waals surface area (Å²) in [4.78, 5) is 25.0. The van der Waals surface area contributed by atoms with Crippen LogP contribution in [-0.2, 0) is 16.1 Å². The van der Waals surface area contributed by atoms with Crippen LogP contribution in [0.1, 0.15) is 24.8 Å². The molecule has 0 unspecified atom stereocenters. The minimum Gasteiger partial charge on any atom is -0.481 e. The highest BCUT2D eigenvalue weighted by Gasteiger charge is 2.35. The first-order valence-electron chi connectivity index (χ1n) is 6.80. The Morgan fingerprint density at radius 3 is 2.62 bits per heavy atom. The van der Waals surface area contributed by atoms with Crippen molar-refractivity contribution >= 4 is 39.4 Å². The van der Waals surface area contributed by atoms with E-state index in [1.807, 2.05) is 12.1 Å². The molecule has 0 aliphatic heterocycles. The van der Waals surface area contributed by atoms with Crippen LogP contribution in [0.4, 0.5) is 0 Å². The molecular weight excluding hydrogens is 358 g/mol. The second-order valence-electron chi connectivity index (χ2n) is 5.48. The summed E-state index contributed by atoms with van der Waals surface area (Å²) in [5, 5.41) is 9.61. The Morgan fingerprint density at radius 2 is 2.05 bits per heavy atom. The van der Waals surface area contributed by atoms with Crippen LogP contribution >= 0.6 is 27.5 Å². The predicted molar refractivity (Wildman–Crippen MR) is 84.1 cm³/mol. The Bertz CT molecular complexity index is 564. The summed E-state index contributed by atoms with van der Waals surface area (Å²) in [7, 11) is 1.73. The number of halogens is 2. The molecule has 0 spiro atoms. The fourth-order valence-electron chi connectivity index (χ4n) is 2.73. The van der Waals surface area contributed by atoms with Crippen molar-refractivity contribution in [2.75, 3.05) is 7.05 Å². The lowest BCUT2D eigenvalue weighted by molar-refractivity contribution is -0.141. The van der Waals surface area contributed by atoms with Crippen LogP contribution in [0.5, 0.6) is 0 Å². The SMILES string of the molecule is CN(Cc1ccc(Br)cc1Cl)C(=O)[C@@H]1CC[C@H](C(=O)O)C1. The molecule has 6 heteroatoms. The molecule has 1 aliphatic rings. The third kappa shape index (κ3) is 3.98. The van der Waals surface area contributed by atoms with Gasteiger partial charge in [0.1, 0.15) is 0 Å². The zero-order chi connectivity index (χ0) is 15.6. The number of amides is 1. The van der Waals surface area contributed by atoms with Crippen molar-refractivity contribution in [2.45, 2.75) is 25.8 Å². The van der Waals surface area contributed by atoms with E-state index < -0.39 is 5.97 Å². The number of carboxylic acids is 1. The molecule has 0 saturated heterocycles. The number of rotatable bonds is 4. The number of benzene rings is 1. The van der Waals surface area contributed by atoms with E-state index in [2.05, 4.69) is 15.9 Å². The third-order valence-corrected chi connectivity index (χ3v) is 4.78. The predicted octanol–water partition coefficient (Wildman–Crippen LogP) is 3.56. The molecule has 2 rings (SSSR count). The molecule has 1 aromatic carbocycles. The van der Waals surface area contributed by atoms with E-state index in [-0.39, 0.29) is 17.7 Å². The van der Waals surface area contributed by atoms with E-state index in [9.17, 15) is 9.59 Å². The van der Waals surface area contributed by atoms with Gasteiger partial charge in [0.25, 0.3) is 0 Å². The van der Waals surface area contributed by atoms with Gasteiger partial charge in [-0.05, 0) is 37.0 Å². The second-order valence-corrected chi connectivity index (χ2v) is 6.80. The van der Waals surface area contributed by atoms with Gasteiger partial charge in [-0.2, -0.15) is 0 Å². The number of carbonyl (C=O) groups excluding carboxylic acids is 1. The van der Waals surface area contributed by atoms with Gasteiger partial charge in [-0.15, -0.1) is 0 Å². The first kappa shape index (κ1) is 16.3. The highest BCUT2D eigenvalue weighted by molar-refractivity contribution is 9.10. The molecule has 1 aliphatic carbocycles. The minimum atomic E-state index is -0.802. The maximum Gasteiger partial charge on any atom is 0.306 e. The molecule has 1 saturated carbocycles. The first-order valence-corrected chi connectivity index (χ1v) is 7.97. The lowest BCUT2D eigenvalue weighted by atomic mass is 10.0. The van der Waals surface area contributed by atoms with Gasteiger partial charge in [-0.3, -0.25) is 9.59 Å². The summed E-state index contributed by atoms with van der Waals surface area (Å²) in [6.45, 7) is 0.430. The zero-order valence-electron chi connectivity index (χ0n) is 11.7. The van der Waals surface area contributed by atoms with Crippen LogP contribution in [0, 0.1) is 11.8 Å². The van der Waals surface area contributed by atoms with Crippen LogP contribution in [0.25, 0.3) is 0 Å². The molecule has 1 aromatic rings. The van der Waals surface area contributed by atoms with Gasteiger partial charge >= 0.3 is 5.97 Å². The maximum atomic E-state index is 12.4. The fraction of sp³-hybridized carbons (Fsp3) is 0.467. The normalized spacial score (nSPS) is 21.3. The smallest absolute Gasteiger partial charge is 0.306 e. The summed E-state index contributed by atoms with van der Waals surface area (Å²) in [5.74, 6) is -1.38. The van der Waals surface area contributed by atoms with E-state index in [1.54, 1.807) is 18.0 Å². The Kier molecular flexibility index (Phi) is 5.27. The molecule has 1 amide bonds. The number of aliphatic carboxylic acids is 1. The lowest BCUT2D eigenvalue weighted by Crippen LogP contribution is -2.31. The molecule has 4 nitrogen and oxygen atoms in total. The second kappa shape index (κ2) is 6.79. The van der Waals surface area contributed by atoms with Crippen LogP contribution < -0.4 is 0 Å². The average Bonchev–Trinajstić information content (AvgIpc) is 2.90. The van der Waals surface area contributed by atoms with E-state index in [0.717, 1.165) is 10.0 Å². The molecule has 2 atom stereocenters. The van der Waals surface area contributed by atoms with E-state index >= 15 is 0 Å². The minimum absolute atomic E-state index is 0.00210. The van der Waals surface area contributed by atoms with Gasteiger partial charge < -0.3 is 10.0 Å². The van der Waals surface area contributed by atoms with Gasteiger partial charge in [0.05, 0.1) is 5.92 Å². The monoisotopic (exact) mass is 373 g/mol. The first-order chi connectivity index (χ1) is 9.88. The van der Waals surface area contributed by atoms with Crippen molar-refractivity contribution in [2.24, 2.45) is 11.8 Å². The number of carboxylic acid groups (broad SMARTS) is 1. The number of hydrogen-bond acceptors (Lipinski definition) is 2. The Morgan fingerprint density at radius 1 is 1.38 bits per heavy atom. The van der Waals surface area contributed by atoms with Crippen molar-refractivity contribution in [3.8, 4) is 0 Å². The van der Waals surface area contributed by atoms with Crippen LogP contribution in [0.2, 0.25) is 5.02 Å². The van der Waals surface area contributed by atoms with Gasteiger partial charge in [0, 0.05) is 29.0 Å². The van der Waals surface area contributed by atoms with Crippen LogP contribution in [0.15, 0.2) is 22.7 Å². The molecule has 0 aromatic heterocycles. The molecule has 1 N–H and O–H groups in total. The van der Waals surface area contributed by atoms with Crippen molar-refractivity contribution < 1.29 is 14.7 Å². The Labute approximate surface area is 137 Å². The molecule has 0 bridgehead atoms. The fourth-order valence-corrected chi connectivity index (χ4v) is 3.46. The Balaban J connectivity index is 1.98. The van der Waals surface area contributed by atoms with Crippen molar-refractivity contribution in [3.05, 3.63) is 33.3 Å². The summed E-state index contributed by atoms with van der Waals surface area (Å²) in [6, 6.07) is 5.56. The molecule has 0 heterocycles. The van der Waals surface area contributed by atoms with E-state index in [4.69, 9.17) is 16.7 Å². The topological polar surface area (TPSA) is 57.6 Å². The van der Waals surface area contributed by atoms with Gasteiger partial charge in [0.15, 0.2) is 0 Å². The summed E-state index contributed by atoms with van der Waals surface area (Å²) >= 11 is 9.50. The average molecular weight is 375 g/mol. The maximum absolute atomic E-state index is 12.4. The quantitative estimate of drug-likeness (QED) is 0.876. The summed E-state index contributed by atoms with van der Waals surface area (Å²) in [5.41, 5.74) is 0.878. The van der Waals surface area contributed by atoms with Gasteiger partial charge in [-0.1, -0.05) is 33.6 Å². The van der Waals surface area contributed by atoms with Crippen molar-refractivity contribution in [1.29, 1.82) is 0 Å². The number of carbonyl (C=O) groups is 2. The number of nitrogens with zero attached hydrogens (tertiary/aromatic N) is 1. The highest BCUT2D eigenvalue weighted by atomic mass is 79.9. The lowest BCUT2D eigenvalue weighted by Gasteiger charge is -2.21. The largest absolute Gasteiger partial charge is 0.481 e. The van der Waals surface area contributed by atoms with Gasteiger partial charge in [-0.25, -0.2) is 0 Å². The molecule has 21 heavy (non-hydrogen) atoms. The van der Waals surface area contributed by atoms with Crippen molar-refractivity contribution in [3.63, 3.8) is 0 Å². The standard InChI is InChI=1S/C15H17BrClNO3/c1-18(8-11-4-5-12(16)7-13(11)17)14(19)9-2-3-10(6-9)15(20)21/h4-5,7,9-10H,2-3,6,8H2,1H3,(H,20,21)/t9-,10+/m1/s1. The summed E-state index contributed by atoms with van der Waals surface area (Å²) in [6.07, 6.45) is 1.67. The van der Waals surface area contributed by atoms with Crippen LogP contribution in [-0.4, -0.2) is 28.9 Å². The molecule has 1 fully saturated rings. The Hall–Kier alpha value is -1.07. The highest BCUT2D eigenvalue weighted by Crippen LogP contribution is 2.32. The van der Waals surface area contributed by atoms with E-state index in [0.29, 0.717) is 30.8 Å². The van der Waals surface area contributed by atoms with Gasteiger partial charge in [0.2, 0.25) is 5.91 Å². The zero-order valence-corrected chi connectivity index (χ0v) is 14.0. The van der Waals surface area contributed by atoms with Crippen molar-refractivity contribution in [1.82, 2.24) is 4.90 Å².